The molecular formula is C19H19ClN4OS. The molecule has 0 N–H and O–H groups in total. The molecule has 0 aliphatic heterocycles. The smallest absolute Gasteiger partial charge is 0.214 e. The Hall–Kier alpha value is -2.18. The number of hydrogen-bond donors (Lipinski definition) is 0. The van der Waals surface area contributed by atoms with E-state index in [4.69, 9.17) is 11.6 Å². The number of halogens is 1. The maximum absolute atomic E-state index is 12.8. The van der Waals surface area contributed by atoms with E-state index in [1.54, 1.807) is 16.8 Å². The van der Waals surface area contributed by atoms with Crippen LogP contribution in [0, 0.1) is 0 Å². The third-order valence-corrected chi connectivity index (χ3v) is 5.28. The highest BCUT2D eigenvalue weighted by Crippen LogP contribution is 2.22. The van der Waals surface area contributed by atoms with Crippen molar-refractivity contribution in [3.63, 3.8) is 0 Å². The van der Waals surface area contributed by atoms with Crippen LogP contribution in [0.5, 0.6) is 0 Å². The van der Waals surface area contributed by atoms with Gasteiger partial charge in [0.15, 0.2) is 5.78 Å². The standard InChI is InChI=1S/C19H19ClN4OS/c1-3-13-5-6-14(4-2)17(11-13)18(25)12-26-19-21-22-23-24(19)16-9-7-15(20)8-10-16/h5-11H,3-4,12H2,1-2H3. The lowest BCUT2D eigenvalue weighted by molar-refractivity contribution is 0.102. The van der Waals surface area contributed by atoms with E-state index < -0.39 is 0 Å². The van der Waals surface area contributed by atoms with Crippen LogP contribution in [0.25, 0.3) is 5.69 Å². The Labute approximate surface area is 161 Å². The summed E-state index contributed by atoms with van der Waals surface area (Å²) < 4.78 is 1.61. The van der Waals surface area contributed by atoms with Gasteiger partial charge in [0, 0.05) is 10.6 Å². The van der Waals surface area contributed by atoms with Gasteiger partial charge in [0.1, 0.15) is 0 Å². The molecule has 0 fully saturated rings. The van der Waals surface area contributed by atoms with Crippen LogP contribution in [-0.4, -0.2) is 31.7 Å². The number of hydrogen-bond acceptors (Lipinski definition) is 5. The fourth-order valence-corrected chi connectivity index (χ4v) is 3.53. The summed E-state index contributed by atoms with van der Waals surface area (Å²) in [5, 5.41) is 13.0. The van der Waals surface area contributed by atoms with Crippen LogP contribution in [0.2, 0.25) is 5.02 Å². The molecule has 0 spiro atoms. The lowest BCUT2D eigenvalue weighted by Crippen LogP contribution is -2.08. The zero-order chi connectivity index (χ0) is 18.5. The van der Waals surface area contributed by atoms with Gasteiger partial charge in [-0.2, -0.15) is 4.68 Å². The summed E-state index contributed by atoms with van der Waals surface area (Å²) in [5.74, 6) is 0.376. The van der Waals surface area contributed by atoms with Crippen molar-refractivity contribution in [3.05, 3.63) is 64.2 Å². The van der Waals surface area contributed by atoms with Crippen LogP contribution in [-0.2, 0) is 12.8 Å². The third-order valence-electron chi connectivity index (χ3n) is 4.11. The molecule has 0 aliphatic rings. The summed E-state index contributed by atoms with van der Waals surface area (Å²) in [5.41, 5.74) is 3.84. The average molecular weight is 387 g/mol. The second-order valence-electron chi connectivity index (χ2n) is 5.76. The van der Waals surface area contributed by atoms with Crippen molar-refractivity contribution < 1.29 is 4.79 Å². The summed E-state index contributed by atoms with van der Waals surface area (Å²) >= 11 is 7.26. The molecule has 134 valence electrons. The summed E-state index contributed by atoms with van der Waals surface area (Å²) in [6.45, 7) is 4.15. The molecule has 3 rings (SSSR count). The van der Waals surface area contributed by atoms with Crippen molar-refractivity contribution in [2.24, 2.45) is 0 Å². The van der Waals surface area contributed by atoms with Crippen LogP contribution in [0.4, 0.5) is 0 Å². The highest BCUT2D eigenvalue weighted by molar-refractivity contribution is 7.99. The maximum Gasteiger partial charge on any atom is 0.214 e. The first-order valence-corrected chi connectivity index (χ1v) is 9.80. The average Bonchev–Trinajstić information content (AvgIpc) is 3.14. The Morgan fingerprint density at radius 2 is 1.88 bits per heavy atom. The van der Waals surface area contributed by atoms with Crippen LogP contribution < -0.4 is 0 Å². The SMILES string of the molecule is CCc1ccc(CC)c(C(=O)CSc2nnnn2-c2ccc(Cl)cc2)c1. The molecule has 26 heavy (non-hydrogen) atoms. The van der Waals surface area contributed by atoms with E-state index in [2.05, 4.69) is 41.5 Å². The van der Waals surface area contributed by atoms with Crippen molar-refractivity contribution in [2.75, 3.05) is 5.75 Å². The number of tetrazole rings is 1. The number of Topliss-reactive ketones (excluding diaryl/α,β-unsaturated/α-hetero) is 1. The highest BCUT2D eigenvalue weighted by atomic mass is 35.5. The topological polar surface area (TPSA) is 60.7 Å². The number of nitrogens with zero attached hydrogens (tertiary/aromatic N) is 4. The molecule has 0 saturated heterocycles. The number of aromatic nitrogens is 4. The number of benzene rings is 2. The van der Waals surface area contributed by atoms with Crippen LogP contribution in [0.3, 0.4) is 0 Å². The highest BCUT2D eigenvalue weighted by Gasteiger charge is 2.15. The maximum atomic E-state index is 12.8. The molecule has 0 atom stereocenters. The quantitative estimate of drug-likeness (QED) is 0.444. The predicted molar refractivity (Wildman–Crippen MR) is 104 cm³/mol. The van der Waals surface area contributed by atoms with E-state index in [1.165, 1.54) is 17.3 Å². The zero-order valence-corrected chi connectivity index (χ0v) is 16.2. The Bertz CT molecular complexity index is 908. The number of carbonyl (C=O) groups is 1. The molecule has 0 radical (unpaired) electrons. The van der Waals surface area contributed by atoms with Crippen LogP contribution in [0.1, 0.15) is 35.3 Å². The zero-order valence-electron chi connectivity index (χ0n) is 14.6. The minimum atomic E-state index is 0.0906. The Kier molecular flexibility index (Phi) is 6.06. The molecule has 3 aromatic rings. The lowest BCUT2D eigenvalue weighted by Gasteiger charge is -2.09. The number of aryl methyl sites for hydroxylation is 2. The molecular weight excluding hydrogens is 368 g/mol. The summed E-state index contributed by atoms with van der Waals surface area (Å²) in [6, 6.07) is 13.4. The minimum Gasteiger partial charge on any atom is -0.293 e. The van der Waals surface area contributed by atoms with Gasteiger partial charge >= 0.3 is 0 Å². The Balaban J connectivity index is 1.77. The van der Waals surface area contributed by atoms with Crippen molar-refractivity contribution in [3.8, 4) is 5.69 Å². The summed E-state index contributed by atoms with van der Waals surface area (Å²) in [6.07, 6.45) is 1.74. The molecule has 0 unspecified atom stereocenters. The van der Waals surface area contributed by atoms with Gasteiger partial charge in [-0.15, -0.1) is 5.10 Å². The monoisotopic (exact) mass is 386 g/mol. The van der Waals surface area contributed by atoms with Crippen molar-refractivity contribution in [2.45, 2.75) is 31.8 Å². The largest absolute Gasteiger partial charge is 0.293 e. The van der Waals surface area contributed by atoms with Crippen molar-refractivity contribution in [1.29, 1.82) is 0 Å². The first kappa shape index (κ1) is 18.6. The van der Waals surface area contributed by atoms with Crippen LogP contribution in [0.15, 0.2) is 47.6 Å². The van der Waals surface area contributed by atoms with E-state index >= 15 is 0 Å². The van der Waals surface area contributed by atoms with E-state index in [0.717, 1.165) is 29.7 Å². The third kappa shape index (κ3) is 4.14. The van der Waals surface area contributed by atoms with Gasteiger partial charge in [0.05, 0.1) is 11.4 Å². The van der Waals surface area contributed by atoms with E-state index in [1.807, 2.05) is 18.2 Å². The molecule has 5 nitrogen and oxygen atoms in total. The van der Waals surface area contributed by atoms with Gasteiger partial charge < -0.3 is 0 Å². The fraction of sp³-hybridized carbons (Fsp3) is 0.263. The molecule has 0 amide bonds. The molecule has 1 heterocycles. The lowest BCUT2D eigenvalue weighted by atomic mass is 9.98. The van der Waals surface area contributed by atoms with E-state index in [9.17, 15) is 4.79 Å². The predicted octanol–water partition coefficient (Wildman–Crippen LogP) is 4.42. The van der Waals surface area contributed by atoms with E-state index in [-0.39, 0.29) is 11.5 Å². The van der Waals surface area contributed by atoms with Gasteiger partial charge in [0.25, 0.3) is 0 Å². The number of rotatable bonds is 7. The molecule has 2 aromatic carbocycles. The molecule has 1 aromatic heterocycles. The van der Waals surface area contributed by atoms with Crippen molar-refractivity contribution in [1.82, 2.24) is 20.2 Å². The number of thioether (sulfide) groups is 1. The molecule has 7 heteroatoms. The molecule has 0 saturated carbocycles. The van der Waals surface area contributed by atoms with Gasteiger partial charge in [-0.25, -0.2) is 0 Å². The van der Waals surface area contributed by atoms with Gasteiger partial charge in [-0.3, -0.25) is 4.79 Å². The molecule has 0 bridgehead atoms. The normalized spacial score (nSPS) is 10.9. The Morgan fingerprint density at radius 1 is 1.12 bits per heavy atom. The first-order valence-electron chi connectivity index (χ1n) is 8.44. The Morgan fingerprint density at radius 3 is 2.58 bits per heavy atom. The first-order chi connectivity index (χ1) is 12.6. The minimum absolute atomic E-state index is 0.0906. The number of carbonyl (C=O) groups excluding carboxylic acids is 1. The summed E-state index contributed by atoms with van der Waals surface area (Å²) in [4.78, 5) is 12.8. The second-order valence-corrected chi connectivity index (χ2v) is 7.14. The van der Waals surface area contributed by atoms with Gasteiger partial charge in [-0.1, -0.05) is 49.3 Å². The molecule has 0 aliphatic carbocycles. The van der Waals surface area contributed by atoms with Gasteiger partial charge in [0.2, 0.25) is 5.16 Å². The van der Waals surface area contributed by atoms with E-state index in [0.29, 0.717) is 10.2 Å². The summed E-state index contributed by atoms with van der Waals surface area (Å²) in [7, 11) is 0. The second kappa shape index (κ2) is 8.47. The van der Waals surface area contributed by atoms with Gasteiger partial charge in [-0.05, 0) is 64.7 Å². The fourth-order valence-electron chi connectivity index (χ4n) is 2.63. The number of ketones is 1. The van der Waals surface area contributed by atoms with Crippen molar-refractivity contribution >= 4 is 29.1 Å². The van der Waals surface area contributed by atoms with Crippen LogP contribution >= 0.6 is 23.4 Å².